The summed E-state index contributed by atoms with van der Waals surface area (Å²) in [7, 11) is 1.48. The Kier molecular flexibility index (Phi) is 4.63. The van der Waals surface area contributed by atoms with Gasteiger partial charge in [-0.1, -0.05) is 6.07 Å². The van der Waals surface area contributed by atoms with Gasteiger partial charge in [-0.3, -0.25) is 0 Å². The number of esters is 1. The molecule has 2 rings (SSSR count). The molecule has 0 aliphatic carbocycles. The molecule has 0 spiro atoms. The first-order valence-corrected chi connectivity index (χ1v) is 7.06. The van der Waals surface area contributed by atoms with Gasteiger partial charge >= 0.3 is 5.97 Å². The van der Waals surface area contributed by atoms with E-state index in [0.29, 0.717) is 11.3 Å². The zero-order chi connectivity index (χ0) is 14.5. The number of ether oxygens (including phenoxy) is 2. The molecule has 0 bridgehead atoms. The van der Waals surface area contributed by atoms with Crippen LogP contribution in [0.25, 0.3) is 0 Å². The maximum absolute atomic E-state index is 13.0. The first-order chi connectivity index (χ1) is 9.63. The fraction of sp³-hybridized carbons (Fsp3) is 0.133. The standard InChI is InChI=1S/C15H13FO3S/c1-18-14-9-12(20-2)6-7-13(14)15(17)19-11-5-3-4-10(16)8-11/h3-9H,1-2H3. The maximum Gasteiger partial charge on any atom is 0.347 e. The van der Waals surface area contributed by atoms with E-state index in [1.54, 1.807) is 30.0 Å². The second-order valence-electron chi connectivity index (χ2n) is 3.91. The molecule has 0 aliphatic heterocycles. The lowest BCUT2D eigenvalue weighted by Crippen LogP contribution is -2.10. The van der Waals surface area contributed by atoms with Crippen molar-refractivity contribution in [1.82, 2.24) is 0 Å². The van der Waals surface area contributed by atoms with Gasteiger partial charge in [-0.05, 0) is 36.6 Å². The monoisotopic (exact) mass is 292 g/mol. The lowest BCUT2D eigenvalue weighted by molar-refractivity contribution is 0.0731. The van der Waals surface area contributed by atoms with Gasteiger partial charge < -0.3 is 9.47 Å². The highest BCUT2D eigenvalue weighted by molar-refractivity contribution is 7.98. The van der Waals surface area contributed by atoms with E-state index in [-0.39, 0.29) is 5.75 Å². The van der Waals surface area contributed by atoms with Gasteiger partial charge in [0.15, 0.2) is 0 Å². The van der Waals surface area contributed by atoms with Gasteiger partial charge in [0.1, 0.15) is 22.9 Å². The van der Waals surface area contributed by atoms with E-state index in [1.165, 1.54) is 25.3 Å². The molecule has 5 heteroatoms. The Morgan fingerprint density at radius 1 is 1.20 bits per heavy atom. The van der Waals surface area contributed by atoms with E-state index in [1.807, 2.05) is 6.26 Å². The van der Waals surface area contributed by atoms with Crippen LogP contribution in [0.3, 0.4) is 0 Å². The zero-order valence-corrected chi connectivity index (χ0v) is 11.9. The summed E-state index contributed by atoms with van der Waals surface area (Å²) in [4.78, 5) is 13.0. The first-order valence-electron chi connectivity index (χ1n) is 5.84. The first kappa shape index (κ1) is 14.4. The molecule has 0 unspecified atom stereocenters. The van der Waals surface area contributed by atoms with E-state index in [0.717, 1.165) is 11.0 Å². The Morgan fingerprint density at radius 3 is 2.65 bits per heavy atom. The molecule has 0 amide bonds. The van der Waals surface area contributed by atoms with Crippen LogP contribution in [0.2, 0.25) is 0 Å². The Hall–Kier alpha value is -2.01. The van der Waals surface area contributed by atoms with Gasteiger partial charge in [-0.25, -0.2) is 9.18 Å². The van der Waals surface area contributed by atoms with Crippen molar-refractivity contribution in [2.24, 2.45) is 0 Å². The van der Waals surface area contributed by atoms with E-state index in [9.17, 15) is 9.18 Å². The lowest BCUT2D eigenvalue weighted by atomic mass is 10.2. The minimum absolute atomic E-state index is 0.158. The largest absolute Gasteiger partial charge is 0.496 e. The predicted octanol–water partition coefficient (Wildman–Crippen LogP) is 3.78. The van der Waals surface area contributed by atoms with Crippen LogP contribution in [-0.4, -0.2) is 19.3 Å². The van der Waals surface area contributed by atoms with Gasteiger partial charge in [-0.2, -0.15) is 0 Å². The highest BCUT2D eigenvalue weighted by Crippen LogP contribution is 2.26. The van der Waals surface area contributed by atoms with E-state index in [4.69, 9.17) is 9.47 Å². The number of hydrogen-bond donors (Lipinski definition) is 0. The number of thioether (sulfide) groups is 1. The Bertz CT molecular complexity index is 628. The summed E-state index contributed by atoms with van der Waals surface area (Å²) >= 11 is 1.54. The normalized spacial score (nSPS) is 10.2. The molecule has 0 aromatic heterocycles. The summed E-state index contributed by atoms with van der Waals surface area (Å²) in [5, 5.41) is 0. The number of hydrogen-bond acceptors (Lipinski definition) is 4. The second-order valence-corrected chi connectivity index (χ2v) is 4.79. The second kappa shape index (κ2) is 6.43. The summed E-state index contributed by atoms with van der Waals surface area (Å²) in [6, 6.07) is 10.6. The van der Waals surface area contributed by atoms with Gasteiger partial charge in [0, 0.05) is 11.0 Å². The van der Waals surface area contributed by atoms with Crippen LogP contribution < -0.4 is 9.47 Å². The highest BCUT2D eigenvalue weighted by Gasteiger charge is 2.15. The Labute approximate surface area is 120 Å². The highest BCUT2D eigenvalue weighted by atomic mass is 32.2. The van der Waals surface area contributed by atoms with Gasteiger partial charge in [0.2, 0.25) is 0 Å². The lowest BCUT2D eigenvalue weighted by Gasteiger charge is -2.09. The number of rotatable bonds is 4. The van der Waals surface area contributed by atoms with Crippen LogP contribution in [0, 0.1) is 5.82 Å². The molecule has 2 aromatic carbocycles. The molecule has 0 heterocycles. The van der Waals surface area contributed by atoms with Crippen molar-refractivity contribution in [3.63, 3.8) is 0 Å². The topological polar surface area (TPSA) is 35.5 Å². The van der Waals surface area contributed by atoms with Crippen LogP contribution >= 0.6 is 11.8 Å². The van der Waals surface area contributed by atoms with Crippen molar-refractivity contribution in [1.29, 1.82) is 0 Å². The van der Waals surface area contributed by atoms with Gasteiger partial charge in [0.05, 0.1) is 7.11 Å². The molecule has 0 saturated heterocycles. The number of methoxy groups -OCH3 is 1. The Morgan fingerprint density at radius 2 is 2.00 bits per heavy atom. The van der Waals surface area contributed by atoms with Gasteiger partial charge in [0.25, 0.3) is 0 Å². The fourth-order valence-corrected chi connectivity index (χ4v) is 2.09. The summed E-state index contributed by atoms with van der Waals surface area (Å²) in [5.74, 6) is -0.454. The molecular weight excluding hydrogens is 279 g/mol. The molecule has 0 fully saturated rings. The van der Waals surface area contributed by atoms with E-state index < -0.39 is 11.8 Å². The van der Waals surface area contributed by atoms with Gasteiger partial charge in [-0.15, -0.1) is 11.8 Å². The summed E-state index contributed by atoms with van der Waals surface area (Å²) in [6.45, 7) is 0. The van der Waals surface area contributed by atoms with Crippen LogP contribution in [-0.2, 0) is 0 Å². The molecule has 0 saturated carbocycles. The molecule has 20 heavy (non-hydrogen) atoms. The van der Waals surface area contributed by atoms with Crippen LogP contribution in [0.4, 0.5) is 4.39 Å². The average molecular weight is 292 g/mol. The fourth-order valence-electron chi connectivity index (χ4n) is 1.66. The van der Waals surface area contributed by atoms with Crippen LogP contribution in [0.5, 0.6) is 11.5 Å². The van der Waals surface area contributed by atoms with Crippen molar-refractivity contribution in [3.8, 4) is 11.5 Å². The average Bonchev–Trinajstić information content (AvgIpc) is 2.46. The minimum Gasteiger partial charge on any atom is -0.496 e. The van der Waals surface area contributed by atoms with Crippen molar-refractivity contribution in [2.45, 2.75) is 4.90 Å². The quantitative estimate of drug-likeness (QED) is 0.488. The molecule has 0 N–H and O–H groups in total. The maximum atomic E-state index is 13.0. The zero-order valence-electron chi connectivity index (χ0n) is 11.1. The van der Waals surface area contributed by atoms with Crippen molar-refractivity contribution < 1.29 is 18.7 Å². The molecule has 0 radical (unpaired) electrons. The number of benzene rings is 2. The Balaban J connectivity index is 2.25. The minimum atomic E-state index is -0.583. The van der Waals surface area contributed by atoms with Crippen molar-refractivity contribution >= 4 is 17.7 Å². The molecular formula is C15H13FO3S. The third-order valence-electron chi connectivity index (χ3n) is 2.64. The third kappa shape index (κ3) is 3.30. The smallest absolute Gasteiger partial charge is 0.347 e. The number of halogens is 1. The SMILES string of the molecule is COc1cc(SC)ccc1C(=O)Oc1cccc(F)c1. The van der Waals surface area contributed by atoms with Crippen LogP contribution in [0.1, 0.15) is 10.4 Å². The van der Waals surface area contributed by atoms with Crippen LogP contribution in [0.15, 0.2) is 47.4 Å². The third-order valence-corrected chi connectivity index (χ3v) is 3.36. The number of carbonyl (C=O) groups excluding carboxylic acids is 1. The molecule has 2 aromatic rings. The summed E-state index contributed by atoms with van der Waals surface area (Å²) in [6.07, 6.45) is 1.93. The van der Waals surface area contributed by atoms with E-state index in [2.05, 4.69) is 0 Å². The molecule has 0 aliphatic rings. The summed E-state index contributed by atoms with van der Waals surface area (Å²) < 4.78 is 23.4. The summed E-state index contributed by atoms with van der Waals surface area (Å²) in [5.41, 5.74) is 0.301. The van der Waals surface area contributed by atoms with Crippen molar-refractivity contribution in [2.75, 3.05) is 13.4 Å². The molecule has 104 valence electrons. The molecule has 3 nitrogen and oxygen atoms in total. The van der Waals surface area contributed by atoms with E-state index >= 15 is 0 Å². The number of carbonyl (C=O) groups is 1. The predicted molar refractivity (Wildman–Crippen MR) is 76.1 cm³/mol. The van der Waals surface area contributed by atoms with Crippen molar-refractivity contribution in [3.05, 3.63) is 53.8 Å². The molecule has 0 atom stereocenters.